The van der Waals surface area contributed by atoms with Crippen LogP contribution in [0.15, 0.2) is 18.2 Å². The number of ether oxygens (including phenoxy) is 1. The van der Waals surface area contributed by atoms with Gasteiger partial charge in [-0.2, -0.15) is 4.72 Å². The highest BCUT2D eigenvalue weighted by atomic mass is 32.2. The fraction of sp³-hybridized carbons (Fsp3) is 0.786. The Labute approximate surface area is 223 Å². The molecule has 6 atom stereocenters. The Bertz CT molecular complexity index is 1010. The van der Waals surface area contributed by atoms with E-state index in [0.29, 0.717) is 30.5 Å². The maximum atomic E-state index is 13.6. The third-order valence-electron chi connectivity index (χ3n) is 8.92. The third-order valence-corrected chi connectivity index (χ3v) is 10.8. The molecule has 3 saturated heterocycles. The minimum Gasteiger partial charge on any atom is -0.362 e. The number of benzene rings is 1. The average Bonchev–Trinajstić information content (AvgIpc) is 2.79. The van der Waals surface area contributed by atoms with Crippen LogP contribution in [0.1, 0.15) is 75.1 Å². The van der Waals surface area contributed by atoms with Gasteiger partial charge in [0.2, 0.25) is 10.0 Å². The van der Waals surface area contributed by atoms with Crippen molar-refractivity contribution in [2.45, 2.75) is 102 Å². The molecule has 4 aliphatic rings. The van der Waals surface area contributed by atoms with Crippen LogP contribution in [0.2, 0.25) is 0 Å². The number of hydrogen-bond acceptors (Lipinski definition) is 7. The van der Waals surface area contributed by atoms with E-state index in [0.717, 1.165) is 58.2 Å². The average molecular weight is 534 g/mol. The van der Waals surface area contributed by atoms with Crippen LogP contribution in [0.4, 0.5) is 0 Å². The monoisotopic (exact) mass is 533 g/mol. The number of fused-ring (bicyclic) bond motifs is 4. The SMILES string of the molecule is Cc1cccc(C)c1C1CC2NC(N1)NS(=O)(=O)C1CCCC(C1)CN(C1CNC1)[C@H](CC(C)C)CO2. The number of sulfonamides is 1. The van der Waals surface area contributed by atoms with Crippen molar-refractivity contribution in [2.24, 2.45) is 11.8 Å². The molecule has 4 N–H and O–H groups in total. The van der Waals surface area contributed by atoms with Crippen molar-refractivity contribution in [1.82, 2.24) is 25.6 Å². The molecule has 0 spiro atoms. The first-order chi connectivity index (χ1) is 17.7. The lowest BCUT2D eigenvalue weighted by atomic mass is 9.87. The summed E-state index contributed by atoms with van der Waals surface area (Å²) in [6.07, 6.45) is 4.56. The summed E-state index contributed by atoms with van der Waals surface area (Å²) in [5.41, 5.74) is 3.67. The first-order valence-corrected chi connectivity index (χ1v) is 15.9. The number of hydrogen-bond donors (Lipinski definition) is 4. The van der Waals surface area contributed by atoms with Gasteiger partial charge in [0.25, 0.3) is 0 Å². The summed E-state index contributed by atoms with van der Waals surface area (Å²) < 4.78 is 36.9. The number of nitrogens with zero attached hydrogens (tertiary/aromatic N) is 1. The Balaban J connectivity index is 1.47. The zero-order valence-corrected chi connectivity index (χ0v) is 23.8. The maximum absolute atomic E-state index is 13.6. The third kappa shape index (κ3) is 6.40. The minimum absolute atomic E-state index is 0.000124. The van der Waals surface area contributed by atoms with E-state index in [-0.39, 0.29) is 17.5 Å². The van der Waals surface area contributed by atoms with Crippen LogP contribution in [0.3, 0.4) is 0 Å². The molecule has 0 radical (unpaired) electrons. The van der Waals surface area contributed by atoms with E-state index in [4.69, 9.17) is 4.74 Å². The molecule has 37 heavy (non-hydrogen) atoms. The molecule has 208 valence electrons. The van der Waals surface area contributed by atoms with Crippen LogP contribution in [-0.2, 0) is 14.8 Å². The highest BCUT2D eigenvalue weighted by Crippen LogP contribution is 2.33. The molecule has 9 heteroatoms. The van der Waals surface area contributed by atoms with E-state index in [1.54, 1.807) is 0 Å². The zero-order chi connectivity index (χ0) is 26.2. The minimum atomic E-state index is -3.49. The summed E-state index contributed by atoms with van der Waals surface area (Å²) in [6, 6.07) is 7.18. The Kier molecular flexibility index (Phi) is 8.60. The Morgan fingerprint density at radius 3 is 2.51 bits per heavy atom. The largest absolute Gasteiger partial charge is 0.362 e. The van der Waals surface area contributed by atoms with Crippen molar-refractivity contribution in [3.63, 3.8) is 0 Å². The summed E-state index contributed by atoms with van der Waals surface area (Å²) in [4.78, 5) is 2.67. The summed E-state index contributed by atoms with van der Waals surface area (Å²) >= 11 is 0. The van der Waals surface area contributed by atoms with Gasteiger partial charge in [-0.15, -0.1) is 0 Å². The van der Waals surface area contributed by atoms with E-state index in [9.17, 15) is 8.42 Å². The van der Waals surface area contributed by atoms with Crippen LogP contribution in [-0.4, -0.2) is 69.4 Å². The molecule has 3 aliphatic heterocycles. The quantitative estimate of drug-likeness (QED) is 0.473. The number of aryl methyl sites for hydroxylation is 2. The van der Waals surface area contributed by atoms with Gasteiger partial charge in [0.15, 0.2) is 0 Å². The molecule has 4 bridgehead atoms. The van der Waals surface area contributed by atoms with E-state index in [2.05, 4.69) is 71.5 Å². The van der Waals surface area contributed by atoms with Crippen LogP contribution in [0.25, 0.3) is 0 Å². The van der Waals surface area contributed by atoms with Crippen molar-refractivity contribution in [3.05, 3.63) is 34.9 Å². The van der Waals surface area contributed by atoms with E-state index in [1.807, 2.05) is 0 Å². The van der Waals surface area contributed by atoms with Crippen LogP contribution < -0.4 is 20.7 Å². The van der Waals surface area contributed by atoms with Gasteiger partial charge >= 0.3 is 0 Å². The first-order valence-electron chi connectivity index (χ1n) is 14.4. The molecule has 5 unspecified atom stereocenters. The van der Waals surface area contributed by atoms with Gasteiger partial charge in [-0.25, -0.2) is 8.42 Å². The van der Waals surface area contributed by atoms with Gasteiger partial charge in [-0.1, -0.05) is 38.5 Å². The fourth-order valence-electron chi connectivity index (χ4n) is 6.97. The van der Waals surface area contributed by atoms with E-state index >= 15 is 0 Å². The summed E-state index contributed by atoms with van der Waals surface area (Å²) in [7, 11) is -3.49. The van der Waals surface area contributed by atoms with Gasteiger partial charge in [0, 0.05) is 44.2 Å². The fourth-order valence-corrected chi connectivity index (χ4v) is 8.63. The molecule has 3 heterocycles. The van der Waals surface area contributed by atoms with Crippen molar-refractivity contribution in [2.75, 3.05) is 26.2 Å². The first kappa shape index (κ1) is 27.5. The van der Waals surface area contributed by atoms with E-state index in [1.165, 1.54) is 16.7 Å². The van der Waals surface area contributed by atoms with E-state index < -0.39 is 16.3 Å². The van der Waals surface area contributed by atoms with Crippen LogP contribution >= 0.6 is 0 Å². The molecular weight excluding hydrogens is 486 g/mol. The molecule has 4 fully saturated rings. The molecule has 1 saturated carbocycles. The molecule has 0 amide bonds. The molecule has 0 aromatic heterocycles. The van der Waals surface area contributed by atoms with Crippen molar-refractivity contribution >= 4 is 10.0 Å². The van der Waals surface area contributed by atoms with Crippen molar-refractivity contribution in [1.29, 1.82) is 0 Å². The molecule has 5 rings (SSSR count). The highest BCUT2D eigenvalue weighted by Gasteiger charge is 2.40. The predicted molar refractivity (Wildman–Crippen MR) is 147 cm³/mol. The number of rotatable bonds is 4. The standard InChI is InChI=1S/C28H47N5O3S/c1-18(2)11-22-17-36-26-13-25(27-19(3)7-5-8-20(27)4)30-28(31-26)32-37(34,35)24-10-6-9-21(12-24)16-33(22)23-14-29-15-23/h5,7-8,18,21-26,28-32H,6,9-17H2,1-4H3/t21?,22-,24?,25?,26?,28?/m1/s1. The molecule has 1 aliphatic carbocycles. The van der Waals surface area contributed by atoms with Gasteiger partial charge in [0.1, 0.15) is 12.5 Å². The van der Waals surface area contributed by atoms with Gasteiger partial charge in [-0.3, -0.25) is 15.5 Å². The number of nitrogens with one attached hydrogen (secondary N) is 4. The second kappa shape index (κ2) is 11.6. The second-order valence-electron chi connectivity index (χ2n) is 12.3. The van der Waals surface area contributed by atoms with Crippen molar-refractivity contribution in [3.8, 4) is 0 Å². The lowest BCUT2D eigenvalue weighted by Crippen LogP contribution is -2.64. The molecule has 8 nitrogen and oxygen atoms in total. The normalized spacial score (nSPS) is 35.7. The van der Waals surface area contributed by atoms with Gasteiger partial charge in [0.05, 0.1) is 11.9 Å². The summed E-state index contributed by atoms with van der Waals surface area (Å²) in [5, 5.41) is 10.1. The summed E-state index contributed by atoms with van der Waals surface area (Å²) in [5.74, 6) is 0.964. The smallest absolute Gasteiger partial charge is 0.216 e. The zero-order valence-electron chi connectivity index (χ0n) is 23.0. The molecular formula is C28H47N5O3S. The van der Waals surface area contributed by atoms with Crippen LogP contribution in [0.5, 0.6) is 0 Å². The molecule has 1 aromatic carbocycles. The lowest BCUT2D eigenvalue weighted by molar-refractivity contribution is -0.0582. The van der Waals surface area contributed by atoms with Crippen molar-refractivity contribution < 1.29 is 13.2 Å². The highest BCUT2D eigenvalue weighted by molar-refractivity contribution is 7.90. The van der Waals surface area contributed by atoms with Gasteiger partial charge in [-0.05, 0) is 68.1 Å². The Hall–Kier alpha value is -1.07. The summed E-state index contributed by atoms with van der Waals surface area (Å²) in [6.45, 7) is 12.5. The lowest BCUT2D eigenvalue weighted by Gasteiger charge is -2.46. The Morgan fingerprint density at radius 1 is 1.08 bits per heavy atom. The predicted octanol–water partition coefficient (Wildman–Crippen LogP) is 2.73. The molecule has 1 aromatic rings. The Morgan fingerprint density at radius 2 is 1.84 bits per heavy atom. The van der Waals surface area contributed by atoms with Crippen LogP contribution in [0, 0.1) is 25.7 Å². The van der Waals surface area contributed by atoms with Gasteiger partial charge < -0.3 is 10.1 Å². The second-order valence-corrected chi connectivity index (χ2v) is 14.3. The maximum Gasteiger partial charge on any atom is 0.216 e. The topological polar surface area (TPSA) is 94.7 Å².